The molecule has 10 heterocycles. The van der Waals surface area contributed by atoms with Gasteiger partial charge in [0.2, 0.25) is 11.8 Å². The highest BCUT2D eigenvalue weighted by Crippen LogP contribution is 2.38. The molecular formula is C53H70F2N10O8S2. The summed E-state index contributed by atoms with van der Waals surface area (Å²) in [6.45, 7) is 13.8. The number of H-pyrrole nitrogens is 2. The van der Waals surface area contributed by atoms with Crippen LogP contribution in [-0.2, 0) is 52.2 Å². The lowest BCUT2D eigenvalue weighted by molar-refractivity contribution is -0.145. The number of halogens is 2. The molecule has 6 fully saturated rings. The summed E-state index contributed by atoms with van der Waals surface area (Å²) in [5, 5.41) is 14.3. The molecule has 0 spiro atoms. The second-order valence-electron chi connectivity index (χ2n) is 20.2. The predicted molar refractivity (Wildman–Crippen MR) is 279 cm³/mol. The average molecular weight is 1080 g/mol. The van der Waals surface area contributed by atoms with E-state index in [9.17, 15) is 36.4 Å². The number of nitrogens with one attached hydrogen (secondary N) is 2. The van der Waals surface area contributed by atoms with E-state index in [1.807, 2.05) is 53.4 Å². The van der Waals surface area contributed by atoms with Crippen LogP contribution < -0.4 is 0 Å². The number of rotatable bonds is 8. The first-order chi connectivity index (χ1) is 36.3. The zero-order valence-corrected chi connectivity index (χ0v) is 44.5. The maximum atomic E-state index is 12.9. The number of nitrogens with zero attached hydrogens (tertiary/aromatic N) is 8. The minimum absolute atomic E-state index is 0.0894. The fraction of sp³-hybridized carbons (Fsp3) is 0.585. The smallest absolute Gasteiger partial charge is 0.272 e. The number of likely N-dealkylation sites (tertiary alicyclic amines) is 4. The number of amides is 4. The molecule has 8 aliphatic rings. The topological polar surface area (TPSA) is 198 Å². The van der Waals surface area contributed by atoms with Crippen molar-refractivity contribution in [3.63, 3.8) is 0 Å². The second kappa shape index (κ2) is 25.3. The van der Waals surface area contributed by atoms with Crippen LogP contribution in [0.2, 0.25) is 0 Å². The molecule has 2 N–H and O–H groups in total. The van der Waals surface area contributed by atoms with E-state index < -0.39 is 27.5 Å². The molecule has 406 valence electrons. The second-order valence-corrected chi connectivity index (χ2v) is 23.1. The van der Waals surface area contributed by atoms with Crippen LogP contribution in [0.1, 0.15) is 96.8 Å². The largest absolute Gasteiger partial charge is 0.378 e. The Bertz CT molecular complexity index is 2570. The van der Waals surface area contributed by atoms with Crippen molar-refractivity contribution in [1.82, 2.24) is 49.8 Å². The lowest BCUT2D eigenvalue weighted by atomic mass is 10.0. The summed E-state index contributed by atoms with van der Waals surface area (Å²) in [6, 6.07) is 15.5. The Morgan fingerprint density at radius 2 is 1.11 bits per heavy atom. The molecule has 0 saturated carbocycles. The summed E-state index contributed by atoms with van der Waals surface area (Å²) in [5.74, 6) is -1.97. The van der Waals surface area contributed by atoms with Crippen molar-refractivity contribution in [2.24, 2.45) is 0 Å². The average Bonchev–Trinajstić information content (AvgIpc) is 4.18. The first-order valence-corrected chi connectivity index (χ1v) is 29.2. The van der Waals surface area contributed by atoms with Crippen molar-refractivity contribution in [1.29, 1.82) is 0 Å². The summed E-state index contributed by atoms with van der Waals surface area (Å²) < 4.78 is 61.3. The monoisotopic (exact) mass is 1080 g/mol. The van der Waals surface area contributed by atoms with Crippen LogP contribution in [-0.4, -0.2) is 205 Å². The molecule has 3 atom stereocenters. The minimum atomic E-state index is -2.67. The molecule has 8 aliphatic heterocycles. The Balaban J connectivity index is 0.000000124. The van der Waals surface area contributed by atoms with Crippen molar-refractivity contribution in [3.8, 4) is 22.5 Å². The summed E-state index contributed by atoms with van der Waals surface area (Å²) in [5.41, 5.74) is 5.61. The number of β-lactam (4-membered cyclic amide) rings is 1. The third-order valence-electron chi connectivity index (χ3n) is 15.1. The van der Waals surface area contributed by atoms with E-state index >= 15 is 0 Å². The molecule has 4 amide bonds. The van der Waals surface area contributed by atoms with Gasteiger partial charge in [-0.05, 0) is 70.9 Å². The van der Waals surface area contributed by atoms with Crippen LogP contribution in [0.15, 0.2) is 58.3 Å². The van der Waals surface area contributed by atoms with E-state index in [1.54, 1.807) is 9.80 Å². The minimum Gasteiger partial charge on any atom is -0.378 e. The van der Waals surface area contributed by atoms with Gasteiger partial charge in [0.1, 0.15) is 11.4 Å². The Kier molecular flexibility index (Phi) is 18.4. The number of ether oxygens (including phenoxy) is 2. The van der Waals surface area contributed by atoms with Crippen LogP contribution in [0.4, 0.5) is 8.78 Å². The molecule has 18 nitrogen and oxygen atoms in total. The summed E-state index contributed by atoms with van der Waals surface area (Å²) in [4.78, 5) is 61.4. The standard InChI is InChI=1S/2C15H15N3O3S.C12H20F2N2O.C11H20N2O/c2*19-15(18-5-7-21-8-6-18)14-11-9-22(20)12-4-2-1-3-10(12)13(11)16-17-14;13-12(14)5-9-16(10-12)11(17)4-8-15-6-2-1-3-7-15;1-10-9-11(14)13(10)8-7-12-5-3-2-4-6-12/h2*1-4H,5-9H2,(H,16,17);1-10H2;10H,2-9H2,1H3. The van der Waals surface area contributed by atoms with Gasteiger partial charge in [-0.2, -0.15) is 10.2 Å². The molecule has 75 heavy (non-hydrogen) atoms. The van der Waals surface area contributed by atoms with E-state index in [1.165, 1.54) is 56.5 Å². The summed E-state index contributed by atoms with van der Waals surface area (Å²) >= 11 is 0. The van der Waals surface area contributed by atoms with Crippen LogP contribution in [0.5, 0.6) is 0 Å². The third kappa shape index (κ3) is 13.3. The van der Waals surface area contributed by atoms with Crippen molar-refractivity contribution >= 4 is 45.2 Å². The summed E-state index contributed by atoms with van der Waals surface area (Å²) in [7, 11) is -2.28. The van der Waals surface area contributed by atoms with Gasteiger partial charge in [-0.15, -0.1) is 0 Å². The van der Waals surface area contributed by atoms with E-state index in [2.05, 4.69) is 37.1 Å². The number of aromatic amines is 2. The first kappa shape index (κ1) is 54.5. The first-order valence-electron chi connectivity index (χ1n) is 26.6. The lowest BCUT2D eigenvalue weighted by Crippen LogP contribution is -2.53. The quantitative estimate of drug-likeness (QED) is 0.220. The highest BCUT2D eigenvalue weighted by atomic mass is 32.2. The molecule has 6 saturated heterocycles. The van der Waals surface area contributed by atoms with Crippen LogP contribution in [0.3, 0.4) is 0 Å². The molecule has 2 aromatic heterocycles. The number of carbonyl (C=O) groups is 4. The van der Waals surface area contributed by atoms with Gasteiger partial charge < -0.3 is 38.9 Å². The molecule has 3 unspecified atom stereocenters. The number of hydrogen-bond donors (Lipinski definition) is 2. The van der Waals surface area contributed by atoms with Gasteiger partial charge in [0.05, 0.1) is 77.5 Å². The Morgan fingerprint density at radius 1 is 0.640 bits per heavy atom. The van der Waals surface area contributed by atoms with Gasteiger partial charge in [-0.3, -0.25) is 37.8 Å². The highest BCUT2D eigenvalue weighted by Gasteiger charge is 2.40. The number of carbonyl (C=O) groups excluding carboxylic acids is 4. The van der Waals surface area contributed by atoms with Crippen molar-refractivity contribution in [2.75, 3.05) is 112 Å². The van der Waals surface area contributed by atoms with Gasteiger partial charge in [-0.25, -0.2) is 8.78 Å². The number of piperidine rings is 2. The number of morpholine rings is 2. The number of hydrogen-bond acceptors (Lipinski definition) is 12. The van der Waals surface area contributed by atoms with E-state index in [0.717, 1.165) is 82.6 Å². The Labute approximate surface area is 442 Å². The Hall–Kier alpha value is -5.26. The molecule has 2 aromatic carbocycles. The number of aromatic nitrogens is 4. The van der Waals surface area contributed by atoms with E-state index in [4.69, 9.17) is 9.47 Å². The molecule has 4 aromatic rings. The zero-order valence-electron chi connectivity index (χ0n) is 42.9. The molecule has 0 radical (unpaired) electrons. The van der Waals surface area contributed by atoms with Crippen LogP contribution in [0.25, 0.3) is 22.5 Å². The van der Waals surface area contributed by atoms with Crippen LogP contribution >= 0.6 is 0 Å². The van der Waals surface area contributed by atoms with Gasteiger partial charge in [0.15, 0.2) is 0 Å². The summed E-state index contributed by atoms with van der Waals surface area (Å²) in [6.07, 6.45) is 8.68. The highest BCUT2D eigenvalue weighted by molar-refractivity contribution is 7.84. The van der Waals surface area contributed by atoms with Gasteiger partial charge in [-0.1, -0.05) is 49.2 Å². The van der Waals surface area contributed by atoms with Gasteiger partial charge in [0.25, 0.3) is 17.7 Å². The molecular weight excluding hydrogens is 1010 g/mol. The van der Waals surface area contributed by atoms with Crippen molar-refractivity contribution < 1.29 is 45.9 Å². The normalized spacial score (nSPS) is 23.1. The van der Waals surface area contributed by atoms with Gasteiger partial charge in [0, 0.05) is 110 Å². The SMILES string of the molecule is CC1CC(=O)N1CCN1CCCCC1.O=C(CCN1CCCCC1)N1CCC(F)(F)C1.O=C(c1[nH]nc2c1CS(=O)c1ccccc1-2)N1CCOCC1.O=C(c1[nH]nc2c1CS(=O)c1ccccc1-2)N1CCOCC1. The molecule has 22 heteroatoms. The molecule has 12 rings (SSSR count). The van der Waals surface area contributed by atoms with E-state index in [-0.39, 0.29) is 37.2 Å². The molecule has 0 aliphatic carbocycles. The fourth-order valence-corrected chi connectivity index (χ4v) is 13.4. The lowest BCUT2D eigenvalue weighted by Gasteiger charge is -2.40. The van der Waals surface area contributed by atoms with Crippen LogP contribution in [0, 0.1) is 0 Å². The number of fused-ring (bicyclic) bond motifs is 6. The fourth-order valence-electron chi connectivity index (χ4n) is 10.7. The molecule has 0 bridgehead atoms. The zero-order chi connectivity index (χ0) is 52.5. The third-order valence-corrected chi connectivity index (χ3v) is 17.9. The number of alkyl halides is 2. The van der Waals surface area contributed by atoms with Crippen molar-refractivity contribution in [3.05, 3.63) is 71.0 Å². The maximum absolute atomic E-state index is 12.9. The number of benzene rings is 2. The van der Waals surface area contributed by atoms with Gasteiger partial charge >= 0.3 is 0 Å². The maximum Gasteiger partial charge on any atom is 0.272 e. The van der Waals surface area contributed by atoms with Crippen molar-refractivity contribution in [2.45, 2.75) is 98.0 Å². The Morgan fingerprint density at radius 3 is 1.55 bits per heavy atom. The van der Waals surface area contributed by atoms with E-state index in [0.29, 0.717) is 93.9 Å². The predicted octanol–water partition coefficient (Wildman–Crippen LogP) is 5.16.